The lowest BCUT2D eigenvalue weighted by Crippen LogP contribution is -2.49. The van der Waals surface area contributed by atoms with Gasteiger partial charge in [-0.25, -0.2) is 4.98 Å². The van der Waals surface area contributed by atoms with Crippen molar-refractivity contribution in [3.05, 3.63) is 39.8 Å². The average molecular weight is 449 g/mol. The number of piperazine rings is 1. The molecule has 2 heterocycles. The van der Waals surface area contributed by atoms with E-state index in [1.165, 1.54) is 0 Å². The largest absolute Gasteiger partial charge is 0.493 e. The Morgan fingerprint density at radius 2 is 1.90 bits per heavy atom. The van der Waals surface area contributed by atoms with Crippen molar-refractivity contribution in [3.8, 4) is 11.5 Å². The Bertz CT molecular complexity index is 808. The molecule has 1 fully saturated rings. The Hall–Kier alpha value is -1.71. The SMILES string of the molecule is CCN1CCN(C[C@H](O)COc2ccc(CN(C)Cc3csc(C)n3)cc2OC)CC1. The topological polar surface area (TPSA) is 61.3 Å². The molecule has 7 nitrogen and oxygen atoms in total. The van der Waals surface area contributed by atoms with Crippen LogP contribution in [0, 0.1) is 6.92 Å². The summed E-state index contributed by atoms with van der Waals surface area (Å²) >= 11 is 1.68. The predicted molar refractivity (Wildman–Crippen MR) is 125 cm³/mol. The van der Waals surface area contributed by atoms with Gasteiger partial charge in [-0.1, -0.05) is 13.0 Å². The molecule has 2 aromatic rings. The van der Waals surface area contributed by atoms with Gasteiger partial charge in [0.25, 0.3) is 0 Å². The van der Waals surface area contributed by atoms with Crippen LogP contribution in [0.15, 0.2) is 23.6 Å². The number of rotatable bonds is 11. The van der Waals surface area contributed by atoms with Crippen molar-refractivity contribution >= 4 is 11.3 Å². The third-order valence-corrected chi connectivity index (χ3v) is 6.41. The van der Waals surface area contributed by atoms with E-state index in [1.54, 1.807) is 18.4 Å². The lowest BCUT2D eigenvalue weighted by Gasteiger charge is -2.34. The van der Waals surface area contributed by atoms with Crippen molar-refractivity contribution < 1.29 is 14.6 Å². The first-order valence-corrected chi connectivity index (χ1v) is 11.9. The monoisotopic (exact) mass is 448 g/mol. The molecule has 0 saturated carbocycles. The number of aromatic nitrogens is 1. The van der Waals surface area contributed by atoms with Crippen molar-refractivity contribution in [2.24, 2.45) is 0 Å². The first-order chi connectivity index (χ1) is 15.0. The highest BCUT2D eigenvalue weighted by molar-refractivity contribution is 7.09. The Morgan fingerprint density at radius 3 is 2.55 bits per heavy atom. The normalized spacial score (nSPS) is 16.6. The van der Waals surface area contributed by atoms with Crippen molar-refractivity contribution in [1.82, 2.24) is 19.7 Å². The average Bonchev–Trinajstić information content (AvgIpc) is 3.17. The van der Waals surface area contributed by atoms with E-state index in [9.17, 15) is 5.11 Å². The molecular weight excluding hydrogens is 412 g/mol. The van der Waals surface area contributed by atoms with E-state index in [4.69, 9.17) is 9.47 Å². The molecule has 172 valence electrons. The summed E-state index contributed by atoms with van der Waals surface area (Å²) in [7, 11) is 3.74. The summed E-state index contributed by atoms with van der Waals surface area (Å²) in [6.07, 6.45) is -0.523. The first-order valence-electron chi connectivity index (χ1n) is 11.0. The number of thiazole rings is 1. The summed E-state index contributed by atoms with van der Waals surface area (Å²) in [5.41, 5.74) is 2.25. The van der Waals surface area contributed by atoms with Crippen LogP contribution in [0.25, 0.3) is 0 Å². The van der Waals surface area contributed by atoms with Crippen LogP contribution in [-0.4, -0.2) is 90.9 Å². The van der Waals surface area contributed by atoms with Crippen LogP contribution < -0.4 is 9.47 Å². The van der Waals surface area contributed by atoms with Crippen LogP contribution >= 0.6 is 11.3 Å². The lowest BCUT2D eigenvalue weighted by molar-refractivity contribution is 0.0464. The first kappa shape index (κ1) is 23.9. The lowest BCUT2D eigenvalue weighted by atomic mass is 10.2. The molecule has 1 aliphatic rings. The van der Waals surface area contributed by atoms with Crippen LogP contribution in [0.1, 0.15) is 23.2 Å². The van der Waals surface area contributed by atoms with E-state index in [-0.39, 0.29) is 6.61 Å². The fourth-order valence-electron chi connectivity index (χ4n) is 3.88. The van der Waals surface area contributed by atoms with Crippen molar-refractivity contribution in [3.63, 3.8) is 0 Å². The second kappa shape index (κ2) is 11.8. The zero-order chi connectivity index (χ0) is 22.2. The predicted octanol–water partition coefficient (Wildman–Crippen LogP) is 2.47. The van der Waals surface area contributed by atoms with Gasteiger partial charge in [-0.05, 0) is 38.2 Å². The van der Waals surface area contributed by atoms with E-state index in [1.807, 2.05) is 19.1 Å². The van der Waals surface area contributed by atoms with Crippen LogP contribution in [0.3, 0.4) is 0 Å². The fourth-order valence-corrected chi connectivity index (χ4v) is 4.48. The molecular formula is C23H36N4O3S. The van der Waals surface area contributed by atoms with Gasteiger partial charge < -0.3 is 19.5 Å². The Balaban J connectivity index is 1.47. The summed E-state index contributed by atoms with van der Waals surface area (Å²) in [5, 5.41) is 13.6. The van der Waals surface area contributed by atoms with E-state index in [0.29, 0.717) is 18.0 Å². The Morgan fingerprint density at radius 1 is 1.16 bits per heavy atom. The number of aliphatic hydroxyl groups excluding tert-OH is 1. The Kier molecular flexibility index (Phi) is 9.10. The van der Waals surface area contributed by atoms with Gasteiger partial charge in [0.05, 0.1) is 17.8 Å². The third-order valence-electron chi connectivity index (χ3n) is 5.59. The highest BCUT2D eigenvalue weighted by Crippen LogP contribution is 2.29. The molecule has 0 amide bonds. The highest BCUT2D eigenvalue weighted by atomic mass is 32.1. The van der Waals surface area contributed by atoms with E-state index < -0.39 is 6.10 Å². The maximum Gasteiger partial charge on any atom is 0.161 e. The van der Waals surface area contributed by atoms with Gasteiger partial charge in [0.2, 0.25) is 0 Å². The van der Waals surface area contributed by atoms with Gasteiger partial charge in [0.1, 0.15) is 12.7 Å². The molecule has 31 heavy (non-hydrogen) atoms. The molecule has 0 spiro atoms. The molecule has 3 rings (SSSR count). The van der Waals surface area contributed by atoms with Gasteiger partial charge in [-0.3, -0.25) is 9.80 Å². The number of ether oxygens (including phenoxy) is 2. The van der Waals surface area contributed by atoms with Gasteiger partial charge in [-0.2, -0.15) is 0 Å². The van der Waals surface area contributed by atoms with E-state index >= 15 is 0 Å². The molecule has 0 aliphatic carbocycles. The number of aliphatic hydroxyl groups is 1. The van der Waals surface area contributed by atoms with Gasteiger partial charge >= 0.3 is 0 Å². The maximum absolute atomic E-state index is 10.4. The third kappa shape index (κ3) is 7.43. The molecule has 1 aliphatic heterocycles. The summed E-state index contributed by atoms with van der Waals surface area (Å²) in [4.78, 5) is 11.5. The second-order valence-corrected chi connectivity index (χ2v) is 9.28. The van der Waals surface area contributed by atoms with Crippen molar-refractivity contribution in [1.29, 1.82) is 0 Å². The quantitative estimate of drug-likeness (QED) is 0.567. The minimum Gasteiger partial charge on any atom is -0.493 e. The summed E-state index contributed by atoms with van der Waals surface area (Å²) in [6.45, 7) is 11.9. The maximum atomic E-state index is 10.4. The van der Waals surface area contributed by atoms with Gasteiger partial charge in [-0.15, -0.1) is 11.3 Å². The summed E-state index contributed by atoms with van der Waals surface area (Å²) in [6, 6.07) is 5.99. The van der Waals surface area contributed by atoms with Crippen molar-refractivity contribution in [2.75, 3.05) is 60.0 Å². The van der Waals surface area contributed by atoms with Crippen molar-refractivity contribution in [2.45, 2.75) is 33.0 Å². The van der Waals surface area contributed by atoms with Gasteiger partial charge in [0.15, 0.2) is 11.5 Å². The molecule has 1 saturated heterocycles. The fraction of sp³-hybridized carbons (Fsp3) is 0.609. The number of methoxy groups -OCH3 is 1. The van der Waals surface area contributed by atoms with Crippen LogP contribution in [0.5, 0.6) is 11.5 Å². The van der Waals surface area contributed by atoms with E-state index in [2.05, 4.69) is 45.1 Å². The van der Waals surface area contributed by atoms with Crippen LogP contribution in [0.2, 0.25) is 0 Å². The number of hydrogen-bond acceptors (Lipinski definition) is 8. The number of nitrogens with zero attached hydrogens (tertiary/aromatic N) is 4. The summed E-state index contributed by atoms with van der Waals surface area (Å²) < 4.78 is 11.4. The number of likely N-dealkylation sites (N-methyl/N-ethyl adjacent to an activating group) is 1. The molecule has 0 radical (unpaired) electrons. The van der Waals surface area contributed by atoms with Gasteiger partial charge in [0, 0.05) is 51.2 Å². The van der Waals surface area contributed by atoms with Crippen LogP contribution in [0.4, 0.5) is 0 Å². The molecule has 1 atom stereocenters. The highest BCUT2D eigenvalue weighted by Gasteiger charge is 2.19. The number of β-amino-alcohol motifs (C(OH)–C–C–N with tert-alkyl or cyclic N) is 1. The minimum atomic E-state index is -0.523. The molecule has 0 unspecified atom stereocenters. The van der Waals surface area contributed by atoms with E-state index in [0.717, 1.165) is 62.1 Å². The smallest absolute Gasteiger partial charge is 0.161 e. The standard InChI is InChI=1S/C23H36N4O3S/c1-5-26-8-10-27(11-9-26)15-21(28)16-30-22-7-6-19(12-23(22)29-4)13-25(3)14-20-17-31-18(2)24-20/h6-7,12,17,21,28H,5,8-11,13-16H2,1-4H3/t21-/m0/s1. The molecule has 8 heteroatoms. The molecule has 0 bridgehead atoms. The second-order valence-electron chi connectivity index (χ2n) is 8.22. The molecule has 1 aromatic heterocycles. The summed E-state index contributed by atoms with van der Waals surface area (Å²) in [5.74, 6) is 1.36. The number of aryl methyl sites for hydroxylation is 1. The molecule has 1 N–H and O–H groups in total. The zero-order valence-corrected chi connectivity index (χ0v) is 20.0. The number of hydrogen-bond donors (Lipinski definition) is 1. The zero-order valence-electron chi connectivity index (χ0n) is 19.2. The number of benzene rings is 1. The van der Waals surface area contributed by atoms with Crippen LogP contribution in [-0.2, 0) is 13.1 Å². The molecule has 1 aromatic carbocycles. The Labute approximate surface area is 190 Å². The minimum absolute atomic E-state index is 0.257.